The van der Waals surface area contributed by atoms with Gasteiger partial charge in [-0.2, -0.15) is 0 Å². The average molecular weight is 303 g/mol. The van der Waals surface area contributed by atoms with E-state index in [1.54, 1.807) is 12.1 Å². The second kappa shape index (κ2) is 6.85. The van der Waals surface area contributed by atoms with E-state index in [-0.39, 0.29) is 12.8 Å². The van der Waals surface area contributed by atoms with Gasteiger partial charge >= 0.3 is 13.6 Å². The zero-order valence-corrected chi connectivity index (χ0v) is 11.7. The van der Waals surface area contributed by atoms with Gasteiger partial charge in [0.15, 0.2) is 0 Å². The summed E-state index contributed by atoms with van der Waals surface area (Å²) in [6, 6.07) is 9.04. The smallest absolute Gasteiger partial charge is 0.356 e. The molecule has 1 aromatic rings. The Balaban J connectivity index is 2.39. The van der Waals surface area contributed by atoms with E-state index in [1.807, 2.05) is 18.2 Å². The number of nitrogens with two attached hydrogens (primary N) is 1. The molecule has 0 saturated carbocycles. The number of unbranched alkanes of at least 4 members (excludes halogenated alkanes) is 1. The number of carbonyl (C=O) groups is 1. The molecular formula is C12H18NO6P. The van der Waals surface area contributed by atoms with Crippen molar-refractivity contribution < 1.29 is 29.0 Å². The SMILES string of the molecule is NC(CCCCOc1ccccc1)(C(=O)O)P(=O)(O)O. The van der Waals surface area contributed by atoms with Crippen molar-refractivity contribution in [3.63, 3.8) is 0 Å². The highest BCUT2D eigenvalue weighted by Gasteiger charge is 2.49. The zero-order chi connectivity index (χ0) is 15.2. The Bertz CT molecular complexity index is 488. The Kier molecular flexibility index (Phi) is 5.71. The van der Waals surface area contributed by atoms with Crippen LogP contribution in [0.15, 0.2) is 30.3 Å². The molecule has 0 radical (unpaired) electrons. The fraction of sp³-hybridized carbons (Fsp3) is 0.417. The Morgan fingerprint density at radius 2 is 1.85 bits per heavy atom. The summed E-state index contributed by atoms with van der Waals surface area (Å²) in [4.78, 5) is 28.9. The fourth-order valence-electron chi connectivity index (χ4n) is 1.58. The summed E-state index contributed by atoms with van der Waals surface area (Å²) < 4.78 is 16.5. The van der Waals surface area contributed by atoms with Gasteiger partial charge in [0, 0.05) is 0 Å². The molecule has 0 amide bonds. The van der Waals surface area contributed by atoms with Gasteiger partial charge in [0.25, 0.3) is 0 Å². The lowest BCUT2D eigenvalue weighted by molar-refractivity contribution is -0.140. The van der Waals surface area contributed by atoms with Crippen LogP contribution in [0.4, 0.5) is 0 Å². The second-order valence-corrected chi connectivity index (χ2v) is 6.28. The molecule has 0 spiro atoms. The fourth-order valence-corrected chi connectivity index (χ4v) is 2.28. The molecule has 7 nitrogen and oxygen atoms in total. The molecule has 0 aliphatic rings. The number of para-hydroxylation sites is 1. The van der Waals surface area contributed by atoms with Gasteiger partial charge in [0.2, 0.25) is 5.28 Å². The normalized spacial score (nSPS) is 14.6. The molecule has 112 valence electrons. The highest BCUT2D eigenvalue weighted by atomic mass is 31.2. The van der Waals surface area contributed by atoms with Crippen LogP contribution >= 0.6 is 7.60 Å². The first-order valence-electron chi connectivity index (χ1n) is 6.03. The van der Waals surface area contributed by atoms with Crippen molar-refractivity contribution >= 4 is 13.6 Å². The van der Waals surface area contributed by atoms with E-state index in [0.29, 0.717) is 18.8 Å². The maximum atomic E-state index is 11.1. The van der Waals surface area contributed by atoms with Gasteiger partial charge < -0.3 is 25.4 Å². The van der Waals surface area contributed by atoms with Crippen LogP contribution in [0.5, 0.6) is 5.75 Å². The van der Waals surface area contributed by atoms with Crippen LogP contribution < -0.4 is 10.5 Å². The van der Waals surface area contributed by atoms with E-state index >= 15 is 0 Å². The Hall–Kier alpha value is -1.40. The predicted octanol–water partition coefficient (Wildman–Crippen LogP) is 1.15. The molecule has 1 atom stereocenters. The van der Waals surface area contributed by atoms with Crippen molar-refractivity contribution in [3.8, 4) is 5.75 Å². The molecule has 0 heterocycles. The largest absolute Gasteiger partial charge is 0.494 e. The first kappa shape index (κ1) is 16.7. The monoisotopic (exact) mass is 303 g/mol. The van der Waals surface area contributed by atoms with Gasteiger partial charge in [-0.3, -0.25) is 4.57 Å². The van der Waals surface area contributed by atoms with Gasteiger partial charge in [-0.05, 0) is 31.4 Å². The number of carboxylic acid groups (broad SMARTS) is 1. The lowest BCUT2D eigenvalue weighted by Gasteiger charge is -2.25. The maximum absolute atomic E-state index is 11.1. The van der Waals surface area contributed by atoms with E-state index < -0.39 is 18.8 Å². The highest BCUT2D eigenvalue weighted by Crippen LogP contribution is 2.49. The van der Waals surface area contributed by atoms with E-state index in [0.717, 1.165) is 0 Å². The van der Waals surface area contributed by atoms with Crippen LogP contribution in [0.3, 0.4) is 0 Å². The number of benzene rings is 1. The number of hydrogen-bond acceptors (Lipinski definition) is 4. The van der Waals surface area contributed by atoms with Crippen LogP contribution in [0.1, 0.15) is 19.3 Å². The maximum Gasteiger partial charge on any atom is 0.356 e. The third-order valence-electron chi connectivity index (χ3n) is 2.85. The van der Waals surface area contributed by atoms with Crippen molar-refractivity contribution in [2.45, 2.75) is 24.5 Å². The van der Waals surface area contributed by atoms with Crippen LogP contribution in [-0.2, 0) is 9.36 Å². The van der Waals surface area contributed by atoms with Crippen molar-refractivity contribution in [3.05, 3.63) is 30.3 Å². The summed E-state index contributed by atoms with van der Waals surface area (Å²) >= 11 is 0. The second-order valence-electron chi connectivity index (χ2n) is 4.39. The third-order valence-corrected chi connectivity index (χ3v) is 4.31. The minimum Gasteiger partial charge on any atom is -0.494 e. The van der Waals surface area contributed by atoms with Gasteiger partial charge in [-0.25, -0.2) is 4.79 Å². The average Bonchev–Trinajstić information content (AvgIpc) is 2.37. The van der Waals surface area contributed by atoms with E-state index in [9.17, 15) is 9.36 Å². The molecule has 0 bridgehead atoms. The van der Waals surface area contributed by atoms with Crippen molar-refractivity contribution in [1.29, 1.82) is 0 Å². The molecule has 0 aromatic heterocycles. The molecular weight excluding hydrogens is 285 g/mol. The Morgan fingerprint density at radius 3 is 2.35 bits per heavy atom. The van der Waals surface area contributed by atoms with Crippen molar-refractivity contribution in [2.75, 3.05) is 6.61 Å². The highest BCUT2D eigenvalue weighted by molar-refractivity contribution is 7.54. The quantitative estimate of drug-likeness (QED) is 0.418. The number of aliphatic carboxylic acids is 1. The van der Waals surface area contributed by atoms with E-state index in [2.05, 4.69) is 0 Å². The first-order valence-corrected chi connectivity index (χ1v) is 7.64. The molecule has 20 heavy (non-hydrogen) atoms. The summed E-state index contributed by atoms with van der Waals surface area (Å²) in [5.74, 6) is -1.02. The molecule has 1 aromatic carbocycles. The standard InChI is InChI=1S/C12H18NO6P/c13-12(11(14)15,20(16,17)18)8-4-5-9-19-10-6-2-1-3-7-10/h1-3,6-7H,4-5,8-9,13H2,(H,14,15)(H2,16,17,18). The minimum atomic E-state index is -4.91. The van der Waals surface area contributed by atoms with Crippen LogP contribution in [0.25, 0.3) is 0 Å². The lowest BCUT2D eigenvalue weighted by atomic mass is 10.1. The van der Waals surface area contributed by atoms with Crippen LogP contribution in [0.2, 0.25) is 0 Å². The summed E-state index contributed by atoms with van der Waals surface area (Å²) in [6.45, 7) is 0.320. The molecule has 1 rings (SSSR count). The van der Waals surface area contributed by atoms with Gasteiger partial charge in [0.1, 0.15) is 5.75 Å². The molecule has 0 aliphatic carbocycles. The summed E-state index contributed by atoms with van der Waals surface area (Å²) in [7, 11) is -4.91. The minimum absolute atomic E-state index is 0.237. The number of rotatable bonds is 8. The summed E-state index contributed by atoms with van der Waals surface area (Å²) in [6.07, 6.45) is 0.368. The summed E-state index contributed by atoms with van der Waals surface area (Å²) in [5.41, 5.74) is 5.31. The number of hydrogen-bond donors (Lipinski definition) is 4. The number of ether oxygens (including phenoxy) is 1. The van der Waals surface area contributed by atoms with Crippen molar-refractivity contribution in [1.82, 2.24) is 0 Å². The van der Waals surface area contributed by atoms with Crippen molar-refractivity contribution in [2.24, 2.45) is 5.73 Å². The van der Waals surface area contributed by atoms with Gasteiger partial charge in [-0.1, -0.05) is 18.2 Å². The molecule has 1 unspecified atom stereocenters. The molecule has 0 saturated heterocycles. The molecule has 0 aliphatic heterocycles. The molecule has 5 N–H and O–H groups in total. The van der Waals surface area contributed by atoms with Gasteiger partial charge in [0.05, 0.1) is 6.61 Å². The lowest BCUT2D eigenvalue weighted by Crippen LogP contribution is -2.47. The van der Waals surface area contributed by atoms with Crippen LogP contribution in [-0.4, -0.2) is 32.7 Å². The van der Waals surface area contributed by atoms with Gasteiger partial charge in [-0.15, -0.1) is 0 Å². The Morgan fingerprint density at radius 1 is 1.25 bits per heavy atom. The topological polar surface area (TPSA) is 130 Å². The summed E-state index contributed by atoms with van der Waals surface area (Å²) in [5, 5.41) is 6.33. The van der Waals surface area contributed by atoms with E-state index in [4.69, 9.17) is 25.4 Å². The van der Waals surface area contributed by atoms with E-state index in [1.165, 1.54) is 0 Å². The number of carboxylic acids is 1. The zero-order valence-electron chi connectivity index (χ0n) is 10.8. The first-order chi connectivity index (χ1) is 9.27. The molecule has 8 heteroatoms. The third kappa shape index (κ3) is 4.31. The predicted molar refractivity (Wildman–Crippen MR) is 72.4 cm³/mol. The molecule has 0 fully saturated rings. The van der Waals surface area contributed by atoms with Crippen LogP contribution in [0, 0.1) is 0 Å². The Labute approximate surface area is 116 Å².